The Hall–Kier alpha value is -1.02. The summed E-state index contributed by atoms with van der Waals surface area (Å²) < 4.78 is 0. The molecule has 0 unspecified atom stereocenters. The summed E-state index contributed by atoms with van der Waals surface area (Å²) in [4.78, 5) is 0. The van der Waals surface area contributed by atoms with Crippen LogP contribution in [-0.4, -0.2) is 11.7 Å². The van der Waals surface area contributed by atoms with Crippen molar-refractivity contribution >= 4 is 0 Å². The van der Waals surface area contributed by atoms with Gasteiger partial charge < -0.3 is 10.8 Å². The molecule has 0 aliphatic rings. The van der Waals surface area contributed by atoms with E-state index in [0.717, 1.165) is 36.9 Å². The Bertz CT molecular complexity index is 345. The van der Waals surface area contributed by atoms with Gasteiger partial charge in [0.05, 0.1) is 0 Å². The van der Waals surface area contributed by atoms with Gasteiger partial charge in [-0.1, -0.05) is 26.0 Å². The van der Waals surface area contributed by atoms with Crippen LogP contribution in [0.3, 0.4) is 0 Å². The van der Waals surface area contributed by atoms with E-state index in [-0.39, 0.29) is 0 Å². The number of aromatic hydroxyl groups is 1. The molecule has 1 rings (SSSR count). The molecular formula is C14H23NO. The van der Waals surface area contributed by atoms with E-state index in [1.54, 1.807) is 0 Å². The van der Waals surface area contributed by atoms with Gasteiger partial charge in [0.1, 0.15) is 5.75 Å². The Morgan fingerprint density at radius 1 is 1.25 bits per heavy atom. The van der Waals surface area contributed by atoms with E-state index in [4.69, 9.17) is 5.73 Å². The quantitative estimate of drug-likeness (QED) is 0.750. The van der Waals surface area contributed by atoms with Gasteiger partial charge in [0.2, 0.25) is 0 Å². The predicted molar refractivity (Wildman–Crippen MR) is 68.9 cm³/mol. The molecule has 0 bridgehead atoms. The van der Waals surface area contributed by atoms with Crippen molar-refractivity contribution in [1.82, 2.24) is 0 Å². The molecule has 0 amide bonds. The molecule has 2 nitrogen and oxygen atoms in total. The lowest BCUT2D eigenvalue weighted by Gasteiger charge is -2.14. The van der Waals surface area contributed by atoms with E-state index in [1.165, 1.54) is 5.56 Å². The number of benzene rings is 1. The number of rotatable bonds is 5. The molecular weight excluding hydrogens is 198 g/mol. The topological polar surface area (TPSA) is 46.2 Å². The van der Waals surface area contributed by atoms with Gasteiger partial charge in [-0.15, -0.1) is 0 Å². The standard InChI is InChI=1S/C14H23NO/c1-10(2)12-8-7-11(3)13(14(12)16)6-4-5-9-15/h7-8,10,16H,4-6,9,15H2,1-3H3. The van der Waals surface area contributed by atoms with E-state index < -0.39 is 0 Å². The zero-order chi connectivity index (χ0) is 12.1. The average Bonchev–Trinajstić information content (AvgIpc) is 2.22. The second-order valence-corrected chi connectivity index (χ2v) is 4.70. The molecule has 0 spiro atoms. The van der Waals surface area contributed by atoms with Crippen LogP contribution in [0.25, 0.3) is 0 Å². The first-order valence-electron chi connectivity index (χ1n) is 6.09. The molecule has 0 heterocycles. The number of hydrogen-bond donors (Lipinski definition) is 2. The molecule has 1 aromatic rings. The second kappa shape index (κ2) is 5.90. The number of aryl methyl sites for hydroxylation is 1. The van der Waals surface area contributed by atoms with Crippen LogP contribution in [0.4, 0.5) is 0 Å². The minimum Gasteiger partial charge on any atom is -0.507 e. The lowest BCUT2D eigenvalue weighted by Crippen LogP contribution is -2.01. The van der Waals surface area contributed by atoms with Crippen LogP contribution in [0.2, 0.25) is 0 Å². The van der Waals surface area contributed by atoms with Gasteiger partial charge in [-0.3, -0.25) is 0 Å². The number of hydrogen-bond acceptors (Lipinski definition) is 2. The van der Waals surface area contributed by atoms with Gasteiger partial charge in [-0.2, -0.15) is 0 Å². The highest BCUT2D eigenvalue weighted by molar-refractivity contribution is 5.46. The minimum absolute atomic E-state index is 0.369. The molecule has 0 aliphatic heterocycles. The summed E-state index contributed by atoms with van der Waals surface area (Å²) in [7, 11) is 0. The van der Waals surface area contributed by atoms with Crippen LogP contribution in [0.5, 0.6) is 5.75 Å². The smallest absolute Gasteiger partial charge is 0.122 e. The number of phenolic OH excluding ortho intramolecular Hbond substituents is 1. The lowest BCUT2D eigenvalue weighted by atomic mass is 9.93. The molecule has 0 atom stereocenters. The van der Waals surface area contributed by atoms with Gasteiger partial charge in [0, 0.05) is 0 Å². The van der Waals surface area contributed by atoms with Crippen molar-refractivity contribution in [2.24, 2.45) is 5.73 Å². The minimum atomic E-state index is 0.369. The Balaban J connectivity index is 2.92. The zero-order valence-corrected chi connectivity index (χ0v) is 10.6. The van der Waals surface area contributed by atoms with E-state index in [2.05, 4.69) is 26.8 Å². The van der Waals surface area contributed by atoms with Gasteiger partial charge in [-0.05, 0) is 55.3 Å². The third-order valence-electron chi connectivity index (χ3n) is 3.05. The highest BCUT2D eigenvalue weighted by atomic mass is 16.3. The highest BCUT2D eigenvalue weighted by Gasteiger charge is 2.12. The van der Waals surface area contributed by atoms with Crippen molar-refractivity contribution in [2.45, 2.75) is 46.0 Å². The second-order valence-electron chi connectivity index (χ2n) is 4.70. The molecule has 0 aliphatic carbocycles. The molecule has 0 saturated carbocycles. The van der Waals surface area contributed by atoms with E-state index in [9.17, 15) is 5.11 Å². The van der Waals surface area contributed by atoms with Gasteiger partial charge in [0.15, 0.2) is 0 Å². The first-order valence-corrected chi connectivity index (χ1v) is 6.09. The number of nitrogens with two attached hydrogens (primary N) is 1. The van der Waals surface area contributed by atoms with E-state index in [0.29, 0.717) is 11.7 Å². The van der Waals surface area contributed by atoms with Crippen molar-refractivity contribution < 1.29 is 5.11 Å². The summed E-state index contributed by atoms with van der Waals surface area (Å²) in [5.41, 5.74) is 8.81. The number of phenols is 1. The fourth-order valence-corrected chi connectivity index (χ4v) is 1.98. The van der Waals surface area contributed by atoms with Gasteiger partial charge >= 0.3 is 0 Å². The fraction of sp³-hybridized carbons (Fsp3) is 0.571. The molecule has 1 aromatic carbocycles. The van der Waals surface area contributed by atoms with E-state index in [1.807, 2.05) is 6.07 Å². The Kier molecular flexibility index (Phi) is 4.81. The maximum absolute atomic E-state index is 10.2. The van der Waals surface area contributed by atoms with Crippen molar-refractivity contribution in [3.05, 3.63) is 28.8 Å². The fourth-order valence-electron chi connectivity index (χ4n) is 1.98. The normalized spacial score (nSPS) is 11.1. The van der Waals surface area contributed by atoms with Crippen molar-refractivity contribution in [2.75, 3.05) is 6.54 Å². The molecule has 3 N–H and O–H groups in total. The van der Waals surface area contributed by atoms with Crippen molar-refractivity contribution in [3.63, 3.8) is 0 Å². The SMILES string of the molecule is Cc1ccc(C(C)C)c(O)c1CCCCN. The Morgan fingerprint density at radius 3 is 2.50 bits per heavy atom. The summed E-state index contributed by atoms with van der Waals surface area (Å²) in [5.74, 6) is 0.862. The van der Waals surface area contributed by atoms with Gasteiger partial charge in [-0.25, -0.2) is 0 Å². The summed E-state index contributed by atoms with van der Waals surface area (Å²) >= 11 is 0. The van der Waals surface area contributed by atoms with Crippen molar-refractivity contribution in [1.29, 1.82) is 0 Å². The number of unbranched alkanes of at least 4 members (excludes halogenated alkanes) is 1. The van der Waals surface area contributed by atoms with Crippen LogP contribution < -0.4 is 5.73 Å². The maximum atomic E-state index is 10.2. The zero-order valence-electron chi connectivity index (χ0n) is 10.6. The maximum Gasteiger partial charge on any atom is 0.122 e. The average molecular weight is 221 g/mol. The summed E-state index contributed by atoms with van der Waals surface area (Å²) in [5, 5.41) is 10.2. The molecule has 90 valence electrons. The van der Waals surface area contributed by atoms with Crippen LogP contribution in [-0.2, 0) is 6.42 Å². The first-order chi connectivity index (χ1) is 7.57. The van der Waals surface area contributed by atoms with Crippen LogP contribution in [0.15, 0.2) is 12.1 Å². The van der Waals surface area contributed by atoms with Crippen LogP contribution in [0.1, 0.15) is 49.3 Å². The molecule has 0 saturated heterocycles. The third kappa shape index (κ3) is 2.99. The molecule has 0 aromatic heterocycles. The van der Waals surface area contributed by atoms with Crippen LogP contribution in [0, 0.1) is 6.92 Å². The monoisotopic (exact) mass is 221 g/mol. The Morgan fingerprint density at radius 2 is 1.94 bits per heavy atom. The molecule has 16 heavy (non-hydrogen) atoms. The highest BCUT2D eigenvalue weighted by Crippen LogP contribution is 2.32. The first kappa shape index (κ1) is 13.0. The van der Waals surface area contributed by atoms with E-state index >= 15 is 0 Å². The summed E-state index contributed by atoms with van der Waals surface area (Å²) in [6.07, 6.45) is 2.99. The van der Waals surface area contributed by atoms with Crippen LogP contribution >= 0.6 is 0 Å². The molecule has 0 radical (unpaired) electrons. The van der Waals surface area contributed by atoms with Gasteiger partial charge in [0.25, 0.3) is 0 Å². The molecule has 0 fully saturated rings. The Labute approximate surface area is 98.5 Å². The van der Waals surface area contributed by atoms with Crippen molar-refractivity contribution in [3.8, 4) is 5.75 Å². The predicted octanol–water partition coefficient (Wildman–Crippen LogP) is 3.11. The summed E-state index contributed by atoms with van der Waals surface area (Å²) in [6, 6.07) is 4.13. The lowest BCUT2D eigenvalue weighted by molar-refractivity contribution is 0.455. The summed E-state index contributed by atoms with van der Waals surface area (Å²) in [6.45, 7) is 6.99. The molecule has 2 heteroatoms. The largest absolute Gasteiger partial charge is 0.507 e. The third-order valence-corrected chi connectivity index (χ3v) is 3.05.